The fraction of sp³-hybridized carbons (Fsp3) is 0.963. The van der Waals surface area contributed by atoms with Crippen LogP contribution in [0.4, 0.5) is 0 Å². The van der Waals surface area contributed by atoms with Crippen molar-refractivity contribution in [3.05, 3.63) is 0 Å². The predicted molar refractivity (Wildman–Crippen MR) is 286 cm³/mol. The molecule has 0 aliphatic carbocycles. The molecule has 0 saturated heterocycles. The molecule has 0 aromatic heterocycles. The van der Waals surface area contributed by atoms with Gasteiger partial charge in [0.1, 0.15) is 0 Å². The number of rotatable bonds is 52. The molecule has 0 aromatic carbocycles. The summed E-state index contributed by atoms with van der Waals surface area (Å²) in [5.41, 5.74) is 0. The van der Waals surface area contributed by atoms with Crippen molar-refractivity contribution in [2.24, 2.45) is 4.99 Å². The number of unbranched alkanes of at least 4 members (excludes halogenated alkanes) is 40. The van der Waals surface area contributed by atoms with Gasteiger partial charge in [-0.3, -0.25) is 9.35 Å². The van der Waals surface area contributed by atoms with Crippen LogP contribution < -0.4 is 10.4 Å². The molecule has 0 rings (SSSR count). The zero-order valence-corrected chi connectivity index (χ0v) is 48.0. The molecule has 0 fully saturated rings. The molecule has 13 heteroatoms. The second kappa shape index (κ2) is 56.9. The molecule has 0 heterocycles. The quantitative estimate of drug-likeness (QED) is 0.0199. The van der Waals surface area contributed by atoms with Crippen LogP contribution in [-0.4, -0.2) is 100 Å². The Bertz CT molecular complexity index is 1250. The zero-order chi connectivity index (χ0) is 48.9. The summed E-state index contributed by atoms with van der Waals surface area (Å²) in [5.74, 6) is -0.648. The van der Waals surface area contributed by atoms with Crippen molar-refractivity contribution in [1.29, 1.82) is 0 Å². The van der Waals surface area contributed by atoms with Gasteiger partial charge in [0.15, 0.2) is 0 Å². The number of carbonyl (C=O) groups is 1. The molecule has 396 valence electrons. The number of hydrogen-bond acceptors (Lipinski definition) is 8. The minimum Gasteiger partial charge on any atom is -0.862 e. The van der Waals surface area contributed by atoms with Gasteiger partial charge in [0.2, 0.25) is 5.91 Å². The van der Waals surface area contributed by atoms with Gasteiger partial charge in [-0.25, -0.2) is 8.42 Å². The number of carbonyl (C=O) groups excluding carboxylic acids is 1. The van der Waals surface area contributed by atoms with Crippen LogP contribution in [0.25, 0.3) is 0 Å². The van der Waals surface area contributed by atoms with Gasteiger partial charge in [-0.1, -0.05) is 258 Å². The van der Waals surface area contributed by atoms with Crippen LogP contribution >= 0.6 is 0 Å². The van der Waals surface area contributed by atoms with E-state index in [1.54, 1.807) is 0 Å². The summed E-state index contributed by atoms with van der Waals surface area (Å²) in [5, 5.41) is 14.5. The first-order chi connectivity index (χ1) is 31.9. The SMILES string of the molecule is CCCCCCCCCCCCCCCCCCCCCCC(=O)NCCCCS(=O)(=O)O.CCCCCCCCCCCCCCCCCCCCCCC([O-])=NCCCCS(=O)(=O)[O-].[Ca+2]. The molecule has 0 spiro atoms. The summed E-state index contributed by atoms with van der Waals surface area (Å²) in [6, 6.07) is 0. The van der Waals surface area contributed by atoms with Gasteiger partial charge in [0.05, 0.1) is 15.9 Å². The van der Waals surface area contributed by atoms with Crippen molar-refractivity contribution < 1.29 is 35.8 Å². The van der Waals surface area contributed by atoms with E-state index in [9.17, 15) is 31.3 Å². The van der Waals surface area contributed by atoms with Crippen molar-refractivity contribution in [3.63, 3.8) is 0 Å². The molecule has 67 heavy (non-hydrogen) atoms. The van der Waals surface area contributed by atoms with E-state index < -0.39 is 20.2 Å². The molecule has 0 atom stereocenters. The Balaban J connectivity index is -0.00000120. The van der Waals surface area contributed by atoms with E-state index >= 15 is 0 Å². The maximum atomic E-state index is 11.7. The third kappa shape index (κ3) is 70.3. The number of nitrogens with one attached hydrogen (secondary N) is 1. The third-order valence-corrected chi connectivity index (χ3v) is 14.3. The van der Waals surface area contributed by atoms with Crippen molar-refractivity contribution in [3.8, 4) is 0 Å². The third-order valence-electron chi connectivity index (χ3n) is 12.7. The standard InChI is InChI=1S/2C27H55NO4S.Ca/c2*1-2-3-4-5-6-7-8-9-10-11-12-13-14-15-16-17-18-19-20-21-24-27(29)28-25-22-23-26-33(30,31)32;/h2*2-26H2,1H3,(H,28,29)(H,30,31,32);/q;;+2/p-2. The fourth-order valence-electron chi connectivity index (χ4n) is 8.47. The number of aliphatic imine (C=N–C) groups is 1. The van der Waals surface area contributed by atoms with E-state index in [4.69, 9.17) is 4.55 Å². The van der Waals surface area contributed by atoms with Crippen LogP contribution in [0.15, 0.2) is 4.99 Å². The molecule has 0 radical (unpaired) electrons. The van der Waals surface area contributed by atoms with Gasteiger partial charge in [0, 0.05) is 25.3 Å². The largest absolute Gasteiger partial charge is 2.00 e. The summed E-state index contributed by atoms with van der Waals surface area (Å²) in [6.45, 7) is 5.36. The molecule has 1 amide bonds. The van der Waals surface area contributed by atoms with E-state index in [-0.39, 0.29) is 67.5 Å². The molecule has 0 aliphatic heterocycles. The van der Waals surface area contributed by atoms with Crippen molar-refractivity contribution in [1.82, 2.24) is 5.32 Å². The molecular formula is C54H108CaN2O8S2. The minimum absolute atomic E-state index is 0. The second-order valence-electron chi connectivity index (χ2n) is 19.5. The smallest absolute Gasteiger partial charge is 0.862 e. The fourth-order valence-corrected chi connectivity index (χ4v) is 9.60. The van der Waals surface area contributed by atoms with Crippen LogP contribution in [0.5, 0.6) is 0 Å². The summed E-state index contributed by atoms with van der Waals surface area (Å²) < 4.78 is 61.3. The van der Waals surface area contributed by atoms with Gasteiger partial charge in [0.25, 0.3) is 10.1 Å². The maximum absolute atomic E-state index is 11.7. The van der Waals surface area contributed by atoms with E-state index in [0.29, 0.717) is 45.2 Å². The normalized spacial score (nSPS) is 11.9. The first-order valence-electron chi connectivity index (χ1n) is 28.3. The Hall–Kier alpha value is 0.0197. The van der Waals surface area contributed by atoms with Gasteiger partial charge >= 0.3 is 37.7 Å². The van der Waals surface area contributed by atoms with E-state index in [1.165, 1.54) is 231 Å². The average molecular weight is 1020 g/mol. The number of hydrogen-bond donors (Lipinski definition) is 2. The Labute approximate surface area is 446 Å². The number of nitrogens with zero attached hydrogens (tertiary/aromatic N) is 1. The molecule has 0 bridgehead atoms. The molecule has 10 nitrogen and oxygen atoms in total. The van der Waals surface area contributed by atoms with Gasteiger partial charge in [-0.15, -0.1) is 0 Å². The Morgan fingerprint density at radius 1 is 0.418 bits per heavy atom. The second-order valence-corrected chi connectivity index (χ2v) is 22.6. The molecule has 0 saturated carbocycles. The average Bonchev–Trinajstić information content (AvgIpc) is 3.27. The Morgan fingerprint density at radius 3 is 1.00 bits per heavy atom. The topological polar surface area (TPSA) is 176 Å². The zero-order valence-electron chi connectivity index (χ0n) is 44.1. The van der Waals surface area contributed by atoms with Crippen molar-refractivity contribution in [2.75, 3.05) is 24.6 Å². The van der Waals surface area contributed by atoms with E-state index in [1.807, 2.05) is 0 Å². The Morgan fingerprint density at radius 2 is 0.701 bits per heavy atom. The van der Waals surface area contributed by atoms with Gasteiger partial charge < -0.3 is 20.0 Å². The van der Waals surface area contributed by atoms with Crippen LogP contribution in [0.1, 0.15) is 309 Å². The number of amides is 1. The first kappa shape index (κ1) is 71.3. The van der Waals surface area contributed by atoms with Crippen LogP contribution in [0.2, 0.25) is 0 Å². The van der Waals surface area contributed by atoms with Gasteiger partial charge in [-0.05, 0) is 50.8 Å². The van der Waals surface area contributed by atoms with Crippen LogP contribution in [0.3, 0.4) is 0 Å². The molecule has 0 aliphatic rings. The molecular weight excluding hydrogens is 909 g/mol. The maximum Gasteiger partial charge on any atom is 2.00 e. The predicted octanol–water partition coefficient (Wildman–Crippen LogP) is 14.9. The van der Waals surface area contributed by atoms with E-state index in [2.05, 4.69) is 24.2 Å². The van der Waals surface area contributed by atoms with Crippen LogP contribution in [0, 0.1) is 0 Å². The summed E-state index contributed by atoms with van der Waals surface area (Å²) in [7, 11) is -8.02. The minimum atomic E-state index is -4.14. The summed E-state index contributed by atoms with van der Waals surface area (Å²) in [4.78, 5) is 15.6. The van der Waals surface area contributed by atoms with Crippen molar-refractivity contribution >= 4 is 69.8 Å². The molecule has 2 N–H and O–H groups in total. The van der Waals surface area contributed by atoms with Crippen LogP contribution in [-0.2, 0) is 25.0 Å². The first-order valence-corrected chi connectivity index (χ1v) is 31.5. The summed E-state index contributed by atoms with van der Waals surface area (Å²) in [6.07, 6.45) is 56.6. The summed E-state index contributed by atoms with van der Waals surface area (Å²) >= 11 is 0. The molecule has 0 unspecified atom stereocenters. The molecule has 0 aromatic rings. The Kier molecular flexibility index (Phi) is 60.6. The van der Waals surface area contributed by atoms with Crippen molar-refractivity contribution in [2.45, 2.75) is 309 Å². The monoisotopic (exact) mass is 1020 g/mol. The van der Waals surface area contributed by atoms with E-state index in [0.717, 1.165) is 25.7 Å². The van der Waals surface area contributed by atoms with Gasteiger partial charge in [-0.2, -0.15) is 8.42 Å².